The van der Waals surface area contributed by atoms with Crippen LogP contribution in [-0.4, -0.2) is 22.1 Å². The highest BCUT2D eigenvalue weighted by atomic mass is 32.1. The Morgan fingerprint density at radius 2 is 2.11 bits per heavy atom. The number of carbonyl (C=O) groups excluding carboxylic acids is 1. The molecule has 3 aromatic rings. The summed E-state index contributed by atoms with van der Waals surface area (Å²) in [6.45, 7) is 3.28. The number of hydrogen-bond acceptors (Lipinski definition) is 5. The number of rotatable bonds is 5. The third kappa shape index (κ3) is 3.05. The molecule has 1 amide bonds. The molecule has 0 spiro atoms. The molecule has 0 radical (unpaired) electrons. The molecule has 1 saturated carbocycles. The van der Waals surface area contributed by atoms with E-state index in [2.05, 4.69) is 4.57 Å². The van der Waals surface area contributed by atoms with Crippen molar-refractivity contribution in [1.82, 2.24) is 9.55 Å². The topological polar surface area (TPSA) is 79.4 Å². The van der Waals surface area contributed by atoms with Crippen LogP contribution in [0.5, 0.6) is 11.5 Å². The number of aromatic nitrogens is 2. The van der Waals surface area contributed by atoms with E-state index in [9.17, 15) is 4.79 Å². The van der Waals surface area contributed by atoms with Crippen molar-refractivity contribution in [3.63, 3.8) is 0 Å². The van der Waals surface area contributed by atoms with Gasteiger partial charge < -0.3 is 19.8 Å². The zero-order valence-corrected chi connectivity index (χ0v) is 16.4. The number of amides is 1. The average Bonchev–Trinajstić information content (AvgIpc) is 3.28. The normalized spacial score (nSPS) is 18.2. The fraction of sp³-hybridized carbons (Fsp3) is 0.333. The predicted molar refractivity (Wildman–Crippen MR) is 107 cm³/mol. The number of fused-ring (bicyclic) bond motifs is 1. The van der Waals surface area contributed by atoms with E-state index in [1.807, 2.05) is 42.6 Å². The van der Waals surface area contributed by atoms with E-state index in [4.69, 9.17) is 20.2 Å². The van der Waals surface area contributed by atoms with Crippen LogP contribution < -0.4 is 15.2 Å². The van der Waals surface area contributed by atoms with Crippen LogP contribution in [0, 0.1) is 12.8 Å². The first kappa shape index (κ1) is 17.3. The fourth-order valence-corrected chi connectivity index (χ4v) is 4.42. The Labute approximate surface area is 166 Å². The van der Waals surface area contributed by atoms with Gasteiger partial charge in [-0.2, -0.15) is 0 Å². The number of nitrogens with two attached hydrogens (primary N) is 1. The highest BCUT2D eigenvalue weighted by Crippen LogP contribution is 2.39. The summed E-state index contributed by atoms with van der Waals surface area (Å²) in [5, 5.41) is 2.88. The molecule has 2 aromatic heterocycles. The van der Waals surface area contributed by atoms with Crippen LogP contribution in [0.2, 0.25) is 0 Å². The Hall–Kier alpha value is -2.80. The van der Waals surface area contributed by atoms with Gasteiger partial charge in [-0.15, -0.1) is 11.3 Å². The maximum atomic E-state index is 11.8. The van der Waals surface area contributed by atoms with Crippen LogP contribution in [-0.2, 0) is 6.54 Å². The summed E-state index contributed by atoms with van der Waals surface area (Å²) in [5.74, 6) is 1.77. The first-order valence-electron chi connectivity index (χ1n) is 9.44. The molecule has 3 heterocycles. The van der Waals surface area contributed by atoms with E-state index >= 15 is 0 Å². The van der Waals surface area contributed by atoms with Gasteiger partial charge in [0.15, 0.2) is 17.6 Å². The molecule has 7 heteroatoms. The molecule has 1 fully saturated rings. The van der Waals surface area contributed by atoms with Crippen molar-refractivity contribution < 1.29 is 14.3 Å². The van der Waals surface area contributed by atoms with Gasteiger partial charge in [0.2, 0.25) is 0 Å². The van der Waals surface area contributed by atoms with Gasteiger partial charge in [-0.3, -0.25) is 4.79 Å². The molecule has 6 nitrogen and oxygen atoms in total. The van der Waals surface area contributed by atoms with Crippen LogP contribution >= 0.6 is 11.3 Å². The average molecular weight is 395 g/mol. The highest BCUT2D eigenvalue weighted by molar-refractivity contribution is 7.10. The van der Waals surface area contributed by atoms with Gasteiger partial charge in [0.1, 0.15) is 11.6 Å². The third-order valence-electron chi connectivity index (χ3n) is 5.34. The molecule has 1 atom stereocenters. The zero-order chi connectivity index (χ0) is 19.3. The van der Waals surface area contributed by atoms with E-state index < -0.39 is 5.91 Å². The van der Waals surface area contributed by atoms with Crippen LogP contribution in [0.1, 0.15) is 40.0 Å². The summed E-state index contributed by atoms with van der Waals surface area (Å²) in [5.41, 5.74) is 8.85. The number of carbonyl (C=O) groups is 1. The lowest BCUT2D eigenvalue weighted by Crippen LogP contribution is -2.21. The van der Waals surface area contributed by atoms with Crippen LogP contribution in [0.25, 0.3) is 11.4 Å². The minimum absolute atomic E-state index is 0.239. The van der Waals surface area contributed by atoms with E-state index in [1.54, 1.807) is 11.3 Å². The highest BCUT2D eigenvalue weighted by Gasteiger charge is 2.28. The van der Waals surface area contributed by atoms with Gasteiger partial charge in [-0.05, 0) is 43.9 Å². The molecule has 28 heavy (non-hydrogen) atoms. The van der Waals surface area contributed by atoms with E-state index in [0.29, 0.717) is 18.1 Å². The summed E-state index contributed by atoms with van der Waals surface area (Å²) < 4.78 is 14.1. The number of para-hydroxylation sites is 2. The number of ether oxygens (including phenoxy) is 2. The van der Waals surface area contributed by atoms with Gasteiger partial charge in [0.25, 0.3) is 5.91 Å². The minimum Gasteiger partial charge on any atom is -0.485 e. The Kier molecular flexibility index (Phi) is 4.12. The quantitative estimate of drug-likeness (QED) is 0.710. The third-order valence-corrected chi connectivity index (χ3v) is 6.27. The second-order valence-corrected chi connectivity index (χ2v) is 8.27. The largest absolute Gasteiger partial charge is 0.485 e. The number of thiazole rings is 1. The molecule has 144 valence electrons. The van der Waals surface area contributed by atoms with Crippen molar-refractivity contribution >= 4 is 17.2 Å². The summed E-state index contributed by atoms with van der Waals surface area (Å²) in [4.78, 5) is 16.7. The first-order valence-corrected chi connectivity index (χ1v) is 10.3. The fourth-order valence-electron chi connectivity index (χ4n) is 3.60. The lowest BCUT2D eigenvalue weighted by molar-refractivity contribution is 0.0911. The molecule has 0 bridgehead atoms. The summed E-state index contributed by atoms with van der Waals surface area (Å²) in [6.07, 6.45) is 2.23. The van der Waals surface area contributed by atoms with Crippen molar-refractivity contribution in [3.05, 3.63) is 52.0 Å². The Morgan fingerprint density at radius 3 is 2.86 bits per heavy atom. The van der Waals surface area contributed by atoms with Crippen molar-refractivity contribution in [2.45, 2.75) is 32.4 Å². The maximum Gasteiger partial charge on any atom is 0.250 e. The van der Waals surface area contributed by atoms with Gasteiger partial charge in [0.05, 0.1) is 17.0 Å². The van der Waals surface area contributed by atoms with E-state index in [0.717, 1.165) is 40.1 Å². The van der Waals surface area contributed by atoms with Gasteiger partial charge in [-0.25, -0.2) is 4.98 Å². The molecule has 1 aliphatic heterocycles. The molecule has 1 aliphatic carbocycles. The van der Waals surface area contributed by atoms with Gasteiger partial charge in [-0.1, -0.05) is 12.1 Å². The summed E-state index contributed by atoms with van der Waals surface area (Å²) in [7, 11) is 0. The van der Waals surface area contributed by atoms with Crippen molar-refractivity contribution in [2.24, 2.45) is 11.7 Å². The SMILES string of the molecule is Cc1c(C(N)=O)cc(-c2csc(C3COc4ccccc4O3)n2)n1CC1CC1. The molecule has 2 N–H and O–H groups in total. The number of hydrogen-bond donors (Lipinski definition) is 1. The smallest absolute Gasteiger partial charge is 0.250 e. The molecule has 1 aromatic carbocycles. The molecule has 2 aliphatic rings. The van der Waals surface area contributed by atoms with Crippen LogP contribution in [0.3, 0.4) is 0 Å². The lowest BCUT2D eigenvalue weighted by atomic mass is 10.2. The molecule has 0 saturated heterocycles. The monoisotopic (exact) mass is 395 g/mol. The van der Waals surface area contributed by atoms with E-state index in [-0.39, 0.29) is 6.10 Å². The Bertz CT molecular complexity index is 1050. The van der Waals surface area contributed by atoms with Crippen LogP contribution in [0.15, 0.2) is 35.7 Å². The van der Waals surface area contributed by atoms with Crippen molar-refractivity contribution in [2.75, 3.05) is 6.61 Å². The van der Waals surface area contributed by atoms with Crippen LogP contribution in [0.4, 0.5) is 0 Å². The minimum atomic E-state index is -0.399. The molecule has 5 rings (SSSR count). The second-order valence-electron chi connectivity index (χ2n) is 7.38. The van der Waals surface area contributed by atoms with Gasteiger partial charge >= 0.3 is 0 Å². The molecular formula is C21H21N3O3S. The predicted octanol–water partition coefficient (Wildman–Crippen LogP) is 3.94. The lowest BCUT2D eigenvalue weighted by Gasteiger charge is -2.24. The number of benzene rings is 1. The molecule has 1 unspecified atom stereocenters. The van der Waals surface area contributed by atoms with Crippen molar-refractivity contribution in [1.29, 1.82) is 0 Å². The molecular weight excluding hydrogens is 374 g/mol. The zero-order valence-electron chi connectivity index (χ0n) is 15.6. The Balaban J connectivity index is 1.46. The summed E-state index contributed by atoms with van der Waals surface area (Å²) in [6, 6.07) is 9.52. The number of nitrogens with zero attached hydrogens (tertiary/aromatic N) is 2. The Morgan fingerprint density at radius 1 is 1.32 bits per heavy atom. The second kappa shape index (κ2) is 6.67. The number of primary amides is 1. The first-order chi connectivity index (χ1) is 13.6. The standard InChI is InChI=1S/C21H21N3O3S/c1-12-14(20(22)25)8-16(24(12)9-13-6-7-13)15-11-28-21(23-15)19-10-26-17-4-2-3-5-18(17)27-19/h2-5,8,11,13,19H,6-7,9-10H2,1H3,(H2,22,25). The van der Waals surface area contributed by atoms with Crippen molar-refractivity contribution in [3.8, 4) is 22.9 Å². The maximum absolute atomic E-state index is 11.8. The summed E-state index contributed by atoms with van der Waals surface area (Å²) >= 11 is 1.55. The van der Waals surface area contributed by atoms with E-state index in [1.165, 1.54) is 12.8 Å². The van der Waals surface area contributed by atoms with Gasteiger partial charge in [0, 0.05) is 17.6 Å².